The molecule has 0 radical (unpaired) electrons. The highest BCUT2D eigenvalue weighted by atomic mass is 32.2. The highest BCUT2D eigenvalue weighted by molar-refractivity contribution is 7.91. The normalized spacial score (nSPS) is 20.4. The Kier molecular flexibility index (Phi) is 6.75. The third-order valence-electron chi connectivity index (χ3n) is 5.88. The van der Waals surface area contributed by atoms with Gasteiger partial charge in [0.2, 0.25) is 5.91 Å². The standard InChI is InChI=1S/C22H29N3O3S2/c26-21(23-16-18-11-14-24(17-18)19-7-3-1-4-8-19)15-20-9-10-22(29-20)30(27,28)25-12-5-2-6-13-25/h1,3-4,7-10,18H,2,5-6,11-17H2,(H,23,26). The number of benzene rings is 1. The van der Waals surface area contributed by atoms with Crippen molar-refractivity contribution in [3.8, 4) is 0 Å². The summed E-state index contributed by atoms with van der Waals surface area (Å²) in [6.07, 6.45) is 4.22. The fourth-order valence-corrected chi connectivity index (χ4v) is 7.20. The van der Waals surface area contributed by atoms with E-state index in [0.29, 0.717) is 29.8 Å². The maximum absolute atomic E-state index is 12.8. The number of para-hydroxylation sites is 1. The van der Waals surface area contributed by atoms with Gasteiger partial charge in [0.05, 0.1) is 6.42 Å². The molecule has 1 aromatic heterocycles. The van der Waals surface area contributed by atoms with Crippen molar-refractivity contribution >= 4 is 33.0 Å². The van der Waals surface area contributed by atoms with Gasteiger partial charge in [-0.2, -0.15) is 4.31 Å². The van der Waals surface area contributed by atoms with Gasteiger partial charge in [0, 0.05) is 43.3 Å². The number of thiophene rings is 1. The van der Waals surface area contributed by atoms with Crippen LogP contribution in [0.5, 0.6) is 0 Å². The van der Waals surface area contributed by atoms with Gasteiger partial charge in [0.25, 0.3) is 10.0 Å². The van der Waals surface area contributed by atoms with Crippen LogP contribution in [-0.2, 0) is 21.2 Å². The van der Waals surface area contributed by atoms with E-state index in [2.05, 4.69) is 22.3 Å². The summed E-state index contributed by atoms with van der Waals surface area (Å²) < 4.78 is 27.5. The Balaban J connectivity index is 1.26. The summed E-state index contributed by atoms with van der Waals surface area (Å²) in [6.45, 7) is 3.80. The summed E-state index contributed by atoms with van der Waals surface area (Å²) in [4.78, 5) is 15.6. The van der Waals surface area contributed by atoms with E-state index >= 15 is 0 Å². The smallest absolute Gasteiger partial charge is 0.252 e. The second-order valence-corrected chi connectivity index (χ2v) is 11.4. The molecule has 3 heterocycles. The number of piperidine rings is 1. The molecule has 8 heteroatoms. The summed E-state index contributed by atoms with van der Waals surface area (Å²) in [5.74, 6) is 0.393. The maximum Gasteiger partial charge on any atom is 0.252 e. The number of nitrogens with one attached hydrogen (secondary N) is 1. The van der Waals surface area contributed by atoms with Crippen LogP contribution >= 0.6 is 11.3 Å². The van der Waals surface area contributed by atoms with Crippen LogP contribution in [0.1, 0.15) is 30.6 Å². The Morgan fingerprint density at radius 3 is 2.57 bits per heavy atom. The van der Waals surface area contributed by atoms with Crippen LogP contribution in [-0.4, -0.2) is 51.4 Å². The second kappa shape index (κ2) is 9.49. The van der Waals surface area contributed by atoms with Gasteiger partial charge in [0.1, 0.15) is 4.21 Å². The summed E-state index contributed by atoms with van der Waals surface area (Å²) in [5, 5.41) is 3.04. The Morgan fingerprint density at radius 2 is 1.80 bits per heavy atom. The molecule has 1 atom stereocenters. The first-order valence-corrected chi connectivity index (χ1v) is 12.9. The Morgan fingerprint density at radius 1 is 1.03 bits per heavy atom. The molecule has 1 N–H and O–H groups in total. The molecule has 2 fully saturated rings. The van der Waals surface area contributed by atoms with Crippen molar-refractivity contribution in [2.45, 2.75) is 36.3 Å². The molecule has 162 valence electrons. The lowest BCUT2D eigenvalue weighted by Crippen LogP contribution is -2.35. The molecule has 30 heavy (non-hydrogen) atoms. The zero-order chi connectivity index (χ0) is 21.0. The van der Waals surface area contributed by atoms with E-state index in [4.69, 9.17) is 0 Å². The van der Waals surface area contributed by atoms with Gasteiger partial charge < -0.3 is 10.2 Å². The average Bonchev–Trinajstić information content (AvgIpc) is 3.44. The molecule has 2 aliphatic rings. The van der Waals surface area contributed by atoms with E-state index in [9.17, 15) is 13.2 Å². The molecular formula is C22H29N3O3S2. The largest absolute Gasteiger partial charge is 0.371 e. The van der Waals surface area contributed by atoms with Crippen LogP contribution in [0, 0.1) is 5.92 Å². The summed E-state index contributed by atoms with van der Waals surface area (Å²) in [5.41, 5.74) is 1.23. The number of carbonyl (C=O) groups is 1. The molecule has 1 unspecified atom stereocenters. The number of hydrogen-bond donors (Lipinski definition) is 1. The van der Waals surface area contributed by atoms with Gasteiger partial charge in [-0.3, -0.25) is 4.79 Å². The third kappa shape index (κ3) is 5.04. The molecule has 0 saturated carbocycles. The number of amides is 1. The predicted octanol–water partition coefficient (Wildman–Crippen LogP) is 3.11. The highest BCUT2D eigenvalue weighted by Gasteiger charge is 2.28. The molecule has 4 rings (SSSR count). The van der Waals surface area contributed by atoms with E-state index in [1.165, 1.54) is 17.0 Å². The number of hydrogen-bond acceptors (Lipinski definition) is 5. The number of anilines is 1. The van der Waals surface area contributed by atoms with E-state index < -0.39 is 10.0 Å². The monoisotopic (exact) mass is 447 g/mol. The SMILES string of the molecule is O=C(Cc1ccc(S(=O)(=O)N2CCCCC2)s1)NCC1CCN(c2ccccc2)C1. The van der Waals surface area contributed by atoms with Gasteiger partial charge in [-0.25, -0.2) is 8.42 Å². The first-order chi connectivity index (χ1) is 14.5. The molecule has 2 saturated heterocycles. The van der Waals surface area contributed by atoms with E-state index in [1.807, 2.05) is 18.2 Å². The lowest BCUT2D eigenvalue weighted by atomic mass is 10.1. The molecule has 1 aromatic carbocycles. The van der Waals surface area contributed by atoms with Crippen molar-refractivity contribution in [2.24, 2.45) is 5.92 Å². The van der Waals surface area contributed by atoms with Crippen molar-refractivity contribution in [2.75, 3.05) is 37.6 Å². The fourth-order valence-electron chi connectivity index (χ4n) is 4.18. The van der Waals surface area contributed by atoms with Gasteiger partial charge in [-0.05, 0) is 49.4 Å². The molecule has 2 aliphatic heterocycles. The molecule has 0 spiro atoms. The van der Waals surface area contributed by atoms with Gasteiger partial charge >= 0.3 is 0 Å². The average molecular weight is 448 g/mol. The number of rotatable bonds is 7. The Hall–Kier alpha value is -1.90. The third-order valence-corrected chi connectivity index (χ3v) is 9.33. The topological polar surface area (TPSA) is 69.7 Å². The van der Waals surface area contributed by atoms with Gasteiger partial charge in [-0.1, -0.05) is 24.6 Å². The van der Waals surface area contributed by atoms with E-state index in [-0.39, 0.29) is 12.3 Å². The first kappa shape index (κ1) is 21.3. The lowest BCUT2D eigenvalue weighted by Gasteiger charge is -2.25. The van der Waals surface area contributed by atoms with Crippen LogP contribution in [0.4, 0.5) is 5.69 Å². The van der Waals surface area contributed by atoms with Crippen LogP contribution in [0.15, 0.2) is 46.7 Å². The van der Waals surface area contributed by atoms with Crippen LogP contribution in [0.25, 0.3) is 0 Å². The van der Waals surface area contributed by atoms with E-state index in [0.717, 1.165) is 43.6 Å². The summed E-state index contributed by atoms with van der Waals surface area (Å²) in [6, 6.07) is 13.8. The zero-order valence-corrected chi connectivity index (χ0v) is 18.8. The van der Waals surface area contributed by atoms with Gasteiger partial charge in [-0.15, -0.1) is 11.3 Å². The minimum Gasteiger partial charge on any atom is -0.371 e. The van der Waals surface area contributed by atoms with Crippen molar-refractivity contribution in [1.82, 2.24) is 9.62 Å². The Bertz CT molecular complexity index is 953. The first-order valence-electron chi connectivity index (χ1n) is 10.7. The molecular weight excluding hydrogens is 418 g/mol. The number of sulfonamides is 1. The van der Waals surface area contributed by atoms with Gasteiger partial charge in [0.15, 0.2) is 0 Å². The minimum atomic E-state index is -3.42. The predicted molar refractivity (Wildman–Crippen MR) is 120 cm³/mol. The fraction of sp³-hybridized carbons (Fsp3) is 0.500. The zero-order valence-electron chi connectivity index (χ0n) is 17.1. The number of nitrogens with zero attached hydrogens (tertiary/aromatic N) is 2. The quantitative estimate of drug-likeness (QED) is 0.708. The van der Waals surface area contributed by atoms with Crippen molar-refractivity contribution in [3.63, 3.8) is 0 Å². The van der Waals surface area contributed by atoms with Crippen LogP contribution < -0.4 is 10.2 Å². The lowest BCUT2D eigenvalue weighted by molar-refractivity contribution is -0.120. The van der Waals surface area contributed by atoms with E-state index in [1.54, 1.807) is 16.4 Å². The second-order valence-electron chi connectivity index (χ2n) is 8.10. The highest BCUT2D eigenvalue weighted by Crippen LogP contribution is 2.27. The molecule has 2 aromatic rings. The minimum absolute atomic E-state index is 0.0445. The Labute approximate surface area is 182 Å². The summed E-state index contributed by atoms with van der Waals surface area (Å²) in [7, 11) is -3.42. The maximum atomic E-state index is 12.8. The van der Waals surface area contributed by atoms with Crippen molar-refractivity contribution < 1.29 is 13.2 Å². The van der Waals surface area contributed by atoms with Crippen LogP contribution in [0.3, 0.4) is 0 Å². The molecule has 0 aliphatic carbocycles. The number of carbonyl (C=O) groups excluding carboxylic acids is 1. The molecule has 1 amide bonds. The van der Waals surface area contributed by atoms with Crippen molar-refractivity contribution in [3.05, 3.63) is 47.3 Å². The molecule has 0 bridgehead atoms. The van der Waals surface area contributed by atoms with Crippen LogP contribution in [0.2, 0.25) is 0 Å². The van der Waals surface area contributed by atoms with Crippen molar-refractivity contribution in [1.29, 1.82) is 0 Å². The molecule has 6 nitrogen and oxygen atoms in total. The summed E-state index contributed by atoms with van der Waals surface area (Å²) >= 11 is 1.22.